The minimum absolute atomic E-state index is 0.0726. The highest BCUT2D eigenvalue weighted by molar-refractivity contribution is 9.09. The number of aromatic nitrogens is 2. The summed E-state index contributed by atoms with van der Waals surface area (Å²) in [6, 6.07) is 18.3. The number of halogens is 1. The van der Waals surface area contributed by atoms with Crippen LogP contribution in [0.2, 0.25) is 0 Å². The van der Waals surface area contributed by atoms with E-state index in [0.29, 0.717) is 5.82 Å². The monoisotopic (exact) mass is 481 g/mol. The van der Waals surface area contributed by atoms with E-state index >= 15 is 0 Å². The van der Waals surface area contributed by atoms with E-state index in [1.165, 1.54) is 5.56 Å². The summed E-state index contributed by atoms with van der Waals surface area (Å²) in [5.41, 5.74) is 17.3. The zero-order chi connectivity index (χ0) is 22.1. The normalized spacial score (nSPS) is 10.7. The molecule has 31 heavy (non-hydrogen) atoms. The van der Waals surface area contributed by atoms with Gasteiger partial charge >= 0.3 is 0 Å². The Balaban J connectivity index is 1.59. The lowest BCUT2D eigenvalue weighted by atomic mass is 9.99. The van der Waals surface area contributed by atoms with E-state index < -0.39 is 0 Å². The maximum Gasteiger partial charge on any atom is 0.235 e. The Morgan fingerprint density at radius 1 is 0.839 bits per heavy atom. The van der Waals surface area contributed by atoms with Gasteiger partial charge in [0.25, 0.3) is 0 Å². The van der Waals surface area contributed by atoms with Crippen LogP contribution in [0.5, 0.6) is 0 Å². The van der Waals surface area contributed by atoms with Crippen molar-refractivity contribution in [2.75, 3.05) is 22.1 Å². The quantitative estimate of drug-likeness (QED) is 0.295. The van der Waals surface area contributed by atoms with Crippen LogP contribution < -0.4 is 16.8 Å². The molecule has 0 saturated carbocycles. The number of amides is 1. The smallest absolute Gasteiger partial charge is 0.235 e. The van der Waals surface area contributed by atoms with Crippen molar-refractivity contribution in [1.82, 2.24) is 9.97 Å². The van der Waals surface area contributed by atoms with E-state index in [0.717, 1.165) is 61.0 Å². The summed E-state index contributed by atoms with van der Waals surface area (Å²) < 4.78 is 0. The van der Waals surface area contributed by atoms with E-state index in [9.17, 15) is 4.79 Å². The molecule has 2 aromatic carbocycles. The molecule has 3 rings (SSSR count). The second-order valence-electron chi connectivity index (χ2n) is 7.46. The number of aryl methyl sites for hydroxylation is 3. The summed E-state index contributed by atoms with van der Waals surface area (Å²) in [5.74, 6) is 0.625. The lowest BCUT2D eigenvalue weighted by Crippen LogP contribution is -2.12. The van der Waals surface area contributed by atoms with Gasteiger partial charge < -0.3 is 16.8 Å². The zero-order valence-electron chi connectivity index (χ0n) is 17.5. The van der Waals surface area contributed by atoms with Crippen LogP contribution in [0.4, 0.5) is 17.5 Å². The van der Waals surface area contributed by atoms with E-state index in [4.69, 9.17) is 11.5 Å². The van der Waals surface area contributed by atoms with Crippen LogP contribution in [-0.2, 0) is 30.5 Å². The van der Waals surface area contributed by atoms with Crippen molar-refractivity contribution in [3.05, 3.63) is 77.0 Å². The van der Waals surface area contributed by atoms with Crippen molar-refractivity contribution >= 4 is 39.3 Å². The number of nitrogens with two attached hydrogens (primary N) is 2. The van der Waals surface area contributed by atoms with Crippen LogP contribution in [0.15, 0.2) is 54.6 Å². The Morgan fingerprint density at radius 2 is 1.52 bits per heavy atom. The molecule has 0 bridgehead atoms. The number of rotatable bonds is 10. The highest BCUT2D eigenvalue weighted by Crippen LogP contribution is 2.21. The van der Waals surface area contributed by atoms with Gasteiger partial charge in [-0.3, -0.25) is 4.79 Å². The topological polar surface area (TPSA) is 107 Å². The summed E-state index contributed by atoms with van der Waals surface area (Å²) in [6.07, 6.45) is 5.52. The fraction of sp³-hybridized carbons (Fsp3) is 0.292. The molecule has 5 N–H and O–H groups in total. The minimum Gasteiger partial charge on any atom is -0.383 e. The molecule has 0 saturated heterocycles. The van der Waals surface area contributed by atoms with E-state index in [2.05, 4.69) is 55.5 Å². The predicted octanol–water partition coefficient (Wildman–Crippen LogP) is 4.33. The van der Waals surface area contributed by atoms with Crippen molar-refractivity contribution in [2.45, 2.75) is 38.5 Å². The van der Waals surface area contributed by atoms with Gasteiger partial charge in [0.05, 0.1) is 11.0 Å². The standard InChI is InChI=1S/C24H28BrN5O/c25-16-22(31)28-19-13-10-18(11-14-19)12-15-21-20(23(26)30-24(27)29-21)9-5-4-8-17-6-2-1-3-7-17/h1-3,6-7,10-11,13-14H,4-5,8-9,12,15-16H2,(H,28,31)(H4,26,27,29,30). The summed E-state index contributed by atoms with van der Waals surface area (Å²) in [7, 11) is 0. The van der Waals surface area contributed by atoms with Crippen LogP contribution in [0.25, 0.3) is 0 Å². The Labute approximate surface area is 191 Å². The first-order chi connectivity index (χ1) is 15.0. The lowest BCUT2D eigenvalue weighted by molar-refractivity contribution is -0.113. The largest absolute Gasteiger partial charge is 0.383 e. The Kier molecular flexibility index (Phi) is 8.41. The van der Waals surface area contributed by atoms with Gasteiger partial charge in [0, 0.05) is 11.3 Å². The molecule has 6 nitrogen and oxygen atoms in total. The third kappa shape index (κ3) is 7.07. The number of nitrogens with one attached hydrogen (secondary N) is 1. The van der Waals surface area contributed by atoms with Gasteiger partial charge in [-0.1, -0.05) is 58.4 Å². The Bertz CT molecular complexity index is 993. The number of carbonyl (C=O) groups is 1. The van der Waals surface area contributed by atoms with Gasteiger partial charge in [-0.15, -0.1) is 0 Å². The first kappa shape index (κ1) is 22.7. The van der Waals surface area contributed by atoms with Crippen LogP contribution in [0.3, 0.4) is 0 Å². The van der Waals surface area contributed by atoms with Gasteiger partial charge in [0.1, 0.15) is 5.82 Å². The van der Waals surface area contributed by atoms with Gasteiger partial charge in [-0.25, -0.2) is 4.98 Å². The van der Waals surface area contributed by atoms with E-state index in [-0.39, 0.29) is 17.2 Å². The second kappa shape index (κ2) is 11.5. The predicted molar refractivity (Wildman–Crippen MR) is 130 cm³/mol. The zero-order valence-corrected chi connectivity index (χ0v) is 19.1. The number of unbranched alkanes of at least 4 members (excludes halogenated alkanes) is 1. The molecule has 0 atom stereocenters. The molecular weight excluding hydrogens is 454 g/mol. The molecule has 0 unspecified atom stereocenters. The summed E-state index contributed by atoms with van der Waals surface area (Å²) >= 11 is 3.15. The number of anilines is 3. The summed E-state index contributed by atoms with van der Waals surface area (Å²) in [6.45, 7) is 0. The van der Waals surface area contributed by atoms with Crippen molar-refractivity contribution in [2.24, 2.45) is 0 Å². The van der Waals surface area contributed by atoms with Crippen LogP contribution >= 0.6 is 15.9 Å². The fourth-order valence-corrected chi connectivity index (χ4v) is 3.68. The third-order valence-corrected chi connectivity index (χ3v) is 5.65. The van der Waals surface area contributed by atoms with E-state index in [1.54, 1.807) is 0 Å². The number of carbonyl (C=O) groups excluding carboxylic acids is 1. The molecule has 1 aromatic heterocycles. The highest BCUT2D eigenvalue weighted by atomic mass is 79.9. The van der Waals surface area contributed by atoms with Crippen molar-refractivity contribution < 1.29 is 4.79 Å². The summed E-state index contributed by atoms with van der Waals surface area (Å²) in [4.78, 5) is 20.1. The van der Waals surface area contributed by atoms with Gasteiger partial charge in [-0.2, -0.15) is 4.98 Å². The molecule has 3 aromatic rings. The first-order valence-electron chi connectivity index (χ1n) is 10.4. The molecule has 1 amide bonds. The Hall–Kier alpha value is -2.93. The van der Waals surface area contributed by atoms with Gasteiger partial charge in [0.2, 0.25) is 11.9 Å². The lowest BCUT2D eigenvalue weighted by Gasteiger charge is -2.12. The fourth-order valence-electron chi connectivity index (χ4n) is 3.54. The number of hydrogen-bond donors (Lipinski definition) is 3. The van der Waals surface area contributed by atoms with Crippen molar-refractivity contribution in [3.8, 4) is 0 Å². The number of alkyl halides is 1. The van der Waals surface area contributed by atoms with Crippen molar-refractivity contribution in [3.63, 3.8) is 0 Å². The molecule has 7 heteroatoms. The van der Waals surface area contributed by atoms with Crippen LogP contribution in [-0.4, -0.2) is 21.2 Å². The molecular formula is C24H28BrN5O. The van der Waals surface area contributed by atoms with Crippen LogP contribution in [0, 0.1) is 0 Å². The highest BCUT2D eigenvalue weighted by Gasteiger charge is 2.12. The molecule has 0 aliphatic heterocycles. The van der Waals surface area contributed by atoms with Gasteiger partial charge in [0.15, 0.2) is 0 Å². The number of nitrogen functional groups attached to an aromatic ring is 2. The average molecular weight is 482 g/mol. The van der Waals surface area contributed by atoms with E-state index in [1.807, 2.05) is 30.3 Å². The second-order valence-corrected chi connectivity index (χ2v) is 8.02. The Morgan fingerprint density at radius 3 is 2.23 bits per heavy atom. The minimum atomic E-state index is -0.0726. The molecule has 0 radical (unpaired) electrons. The maximum absolute atomic E-state index is 11.5. The van der Waals surface area contributed by atoms with Crippen molar-refractivity contribution in [1.29, 1.82) is 0 Å². The van der Waals surface area contributed by atoms with Gasteiger partial charge in [-0.05, 0) is 61.8 Å². The first-order valence-corrected chi connectivity index (χ1v) is 11.6. The number of hydrogen-bond acceptors (Lipinski definition) is 5. The number of benzene rings is 2. The molecule has 162 valence electrons. The third-order valence-electron chi connectivity index (χ3n) is 5.14. The molecule has 0 spiro atoms. The molecule has 0 aliphatic rings. The maximum atomic E-state index is 11.5. The molecule has 1 heterocycles. The number of nitrogens with zero attached hydrogens (tertiary/aromatic N) is 2. The molecule has 0 fully saturated rings. The average Bonchev–Trinajstić information content (AvgIpc) is 2.78. The summed E-state index contributed by atoms with van der Waals surface area (Å²) in [5, 5.41) is 3.09. The molecule has 0 aliphatic carbocycles. The SMILES string of the molecule is Nc1nc(N)c(CCCCc2ccccc2)c(CCc2ccc(NC(=O)CBr)cc2)n1. The van der Waals surface area contributed by atoms with Crippen LogP contribution in [0.1, 0.15) is 35.2 Å².